The number of ether oxygens (including phenoxy) is 1. The van der Waals surface area contributed by atoms with Crippen LogP contribution < -0.4 is 4.74 Å². The van der Waals surface area contributed by atoms with Crippen molar-refractivity contribution in [3.05, 3.63) is 29.8 Å². The van der Waals surface area contributed by atoms with Crippen molar-refractivity contribution in [2.45, 2.75) is 38.7 Å². The first-order valence-electron chi connectivity index (χ1n) is 7.86. The number of Topliss-reactive ketones (excluding diaryl/α,β-unsaturated/α-hetero) is 1. The van der Waals surface area contributed by atoms with Gasteiger partial charge < -0.3 is 14.7 Å². The second-order valence-corrected chi connectivity index (χ2v) is 5.60. The van der Waals surface area contributed by atoms with Crippen LogP contribution in [0, 0.1) is 0 Å². The van der Waals surface area contributed by atoms with Crippen molar-refractivity contribution < 1.29 is 14.6 Å². The van der Waals surface area contributed by atoms with E-state index in [-0.39, 0.29) is 12.4 Å². The Bertz CT molecular complexity index is 455. The summed E-state index contributed by atoms with van der Waals surface area (Å²) in [6.07, 6.45) is 3.64. The first kappa shape index (κ1) is 16.0. The number of para-hydroxylation sites is 1. The third kappa shape index (κ3) is 4.83. The van der Waals surface area contributed by atoms with Crippen LogP contribution in [0.15, 0.2) is 24.3 Å². The van der Waals surface area contributed by atoms with E-state index in [4.69, 9.17) is 4.74 Å². The number of aliphatic hydroxyl groups is 1. The van der Waals surface area contributed by atoms with Gasteiger partial charge in [0.25, 0.3) is 0 Å². The SMILES string of the molecule is CCC(=O)c1ccccc1OC[C@H](O)CN1CCCCC1. The number of β-amino-alcohol motifs (C(OH)–C–C–N with tert-alkyl or cyclic N) is 1. The summed E-state index contributed by atoms with van der Waals surface area (Å²) in [6.45, 7) is 4.82. The lowest BCUT2D eigenvalue weighted by molar-refractivity contribution is 0.0611. The molecule has 1 aliphatic rings. The molecule has 4 nitrogen and oxygen atoms in total. The molecule has 0 unspecified atom stereocenters. The summed E-state index contributed by atoms with van der Waals surface area (Å²) in [4.78, 5) is 14.1. The molecule has 0 aliphatic carbocycles. The molecule has 2 rings (SSSR count). The van der Waals surface area contributed by atoms with Crippen LogP contribution in [0.4, 0.5) is 0 Å². The number of ketones is 1. The molecule has 1 aromatic carbocycles. The maximum atomic E-state index is 11.8. The van der Waals surface area contributed by atoms with Gasteiger partial charge in [-0.3, -0.25) is 4.79 Å². The zero-order valence-electron chi connectivity index (χ0n) is 12.8. The normalized spacial score (nSPS) is 17.4. The molecular formula is C17H25NO3. The minimum absolute atomic E-state index is 0.0659. The summed E-state index contributed by atoms with van der Waals surface area (Å²) >= 11 is 0. The Labute approximate surface area is 126 Å². The minimum Gasteiger partial charge on any atom is -0.490 e. The van der Waals surface area contributed by atoms with Crippen LogP contribution in [0.2, 0.25) is 0 Å². The zero-order valence-corrected chi connectivity index (χ0v) is 12.8. The Hall–Kier alpha value is -1.39. The fraction of sp³-hybridized carbons (Fsp3) is 0.588. The van der Waals surface area contributed by atoms with Crippen molar-refractivity contribution in [2.24, 2.45) is 0 Å². The average molecular weight is 291 g/mol. The highest BCUT2D eigenvalue weighted by Crippen LogP contribution is 2.20. The number of rotatable bonds is 7. The van der Waals surface area contributed by atoms with Gasteiger partial charge in [-0.2, -0.15) is 0 Å². The number of carbonyl (C=O) groups is 1. The van der Waals surface area contributed by atoms with Gasteiger partial charge in [0.1, 0.15) is 18.5 Å². The van der Waals surface area contributed by atoms with Crippen molar-refractivity contribution >= 4 is 5.78 Å². The lowest BCUT2D eigenvalue weighted by Crippen LogP contribution is -2.38. The highest BCUT2D eigenvalue weighted by atomic mass is 16.5. The predicted molar refractivity (Wildman–Crippen MR) is 82.9 cm³/mol. The number of hydrogen-bond acceptors (Lipinski definition) is 4. The van der Waals surface area contributed by atoms with Crippen LogP contribution in [0.3, 0.4) is 0 Å². The van der Waals surface area contributed by atoms with Crippen molar-refractivity contribution in [2.75, 3.05) is 26.2 Å². The van der Waals surface area contributed by atoms with Gasteiger partial charge in [0.15, 0.2) is 5.78 Å². The number of nitrogens with zero attached hydrogens (tertiary/aromatic N) is 1. The molecule has 116 valence electrons. The molecule has 0 radical (unpaired) electrons. The van der Waals surface area contributed by atoms with E-state index < -0.39 is 6.10 Å². The van der Waals surface area contributed by atoms with Crippen LogP contribution in [0.5, 0.6) is 5.75 Å². The molecule has 4 heteroatoms. The van der Waals surface area contributed by atoms with Crippen LogP contribution in [0.1, 0.15) is 43.0 Å². The number of likely N-dealkylation sites (tertiary alicyclic amines) is 1. The average Bonchev–Trinajstić information content (AvgIpc) is 2.53. The third-order valence-corrected chi connectivity index (χ3v) is 3.86. The molecule has 1 N–H and O–H groups in total. The highest BCUT2D eigenvalue weighted by molar-refractivity contribution is 5.98. The topological polar surface area (TPSA) is 49.8 Å². The molecule has 21 heavy (non-hydrogen) atoms. The molecule has 1 saturated heterocycles. The van der Waals surface area contributed by atoms with Gasteiger partial charge in [-0.1, -0.05) is 25.5 Å². The van der Waals surface area contributed by atoms with Crippen molar-refractivity contribution in [3.63, 3.8) is 0 Å². The summed E-state index contributed by atoms with van der Waals surface area (Å²) in [5.41, 5.74) is 0.602. The molecule has 0 spiro atoms. The molecular weight excluding hydrogens is 266 g/mol. The van der Waals surface area contributed by atoms with E-state index >= 15 is 0 Å². The number of aliphatic hydroxyl groups excluding tert-OH is 1. The molecule has 0 bridgehead atoms. The second-order valence-electron chi connectivity index (χ2n) is 5.60. The Morgan fingerprint density at radius 1 is 1.29 bits per heavy atom. The molecule has 1 aliphatic heterocycles. The summed E-state index contributed by atoms with van der Waals surface area (Å²) in [6, 6.07) is 7.24. The van der Waals surface area contributed by atoms with E-state index in [0.717, 1.165) is 13.1 Å². The van der Waals surface area contributed by atoms with Crippen LogP contribution >= 0.6 is 0 Å². The fourth-order valence-electron chi connectivity index (χ4n) is 2.69. The zero-order chi connectivity index (χ0) is 15.1. The maximum absolute atomic E-state index is 11.8. The number of carbonyl (C=O) groups excluding carboxylic acids is 1. The molecule has 0 saturated carbocycles. The van der Waals surface area contributed by atoms with Gasteiger partial charge in [0, 0.05) is 13.0 Å². The van der Waals surface area contributed by atoms with Crippen molar-refractivity contribution in [1.29, 1.82) is 0 Å². The van der Waals surface area contributed by atoms with Gasteiger partial charge in [-0.25, -0.2) is 0 Å². The standard InChI is InChI=1S/C17H25NO3/c1-2-16(20)15-8-4-5-9-17(15)21-13-14(19)12-18-10-6-3-7-11-18/h4-5,8-9,14,19H,2-3,6-7,10-13H2,1H3/t14-/m1/s1. The van der Waals surface area contributed by atoms with Gasteiger partial charge in [0.2, 0.25) is 0 Å². The molecule has 0 amide bonds. The maximum Gasteiger partial charge on any atom is 0.166 e. The molecule has 1 atom stereocenters. The quantitative estimate of drug-likeness (QED) is 0.784. The summed E-state index contributed by atoms with van der Waals surface area (Å²) in [5.74, 6) is 0.637. The minimum atomic E-state index is -0.520. The molecule has 0 aromatic heterocycles. The van der Waals surface area contributed by atoms with Crippen LogP contribution in [0.25, 0.3) is 0 Å². The van der Waals surface area contributed by atoms with E-state index in [0.29, 0.717) is 24.3 Å². The largest absolute Gasteiger partial charge is 0.490 e. The van der Waals surface area contributed by atoms with Crippen LogP contribution in [-0.2, 0) is 0 Å². The van der Waals surface area contributed by atoms with E-state index in [2.05, 4.69) is 4.90 Å². The summed E-state index contributed by atoms with van der Waals surface area (Å²) in [5, 5.41) is 10.1. The van der Waals surface area contributed by atoms with E-state index in [1.807, 2.05) is 19.1 Å². The van der Waals surface area contributed by atoms with Gasteiger partial charge in [-0.15, -0.1) is 0 Å². The molecule has 1 aromatic rings. The van der Waals surface area contributed by atoms with Gasteiger partial charge >= 0.3 is 0 Å². The molecule has 1 fully saturated rings. The van der Waals surface area contributed by atoms with E-state index in [1.165, 1.54) is 19.3 Å². The van der Waals surface area contributed by atoms with Gasteiger partial charge in [0.05, 0.1) is 5.56 Å². The summed E-state index contributed by atoms with van der Waals surface area (Å²) in [7, 11) is 0. The first-order chi connectivity index (χ1) is 10.2. The number of benzene rings is 1. The number of piperidine rings is 1. The Morgan fingerprint density at radius 2 is 2.00 bits per heavy atom. The number of hydrogen-bond donors (Lipinski definition) is 1. The smallest absolute Gasteiger partial charge is 0.166 e. The first-order valence-corrected chi connectivity index (χ1v) is 7.86. The monoisotopic (exact) mass is 291 g/mol. The lowest BCUT2D eigenvalue weighted by atomic mass is 10.1. The summed E-state index contributed by atoms with van der Waals surface area (Å²) < 4.78 is 5.67. The van der Waals surface area contributed by atoms with E-state index in [9.17, 15) is 9.90 Å². The fourth-order valence-corrected chi connectivity index (χ4v) is 2.69. The van der Waals surface area contributed by atoms with Crippen LogP contribution in [-0.4, -0.2) is 48.1 Å². The Kier molecular flexibility index (Phi) is 6.21. The third-order valence-electron chi connectivity index (χ3n) is 3.86. The highest BCUT2D eigenvalue weighted by Gasteiger charge is 2.16. The van der Waals surface area contributed by atoms with Crippen molar-refractivity contribution in [1.82, 2.24) is 4.90 Å². The van der Waals surface area contributed by atoms with Crippen molar-refractivity contribution in [3.8, 4) is 5.75 Å². The predicted octanol–water partition coefficient (Wildman–Crippen LogP) is 2.50. The van der Waals surface area contributed by atoms with Gasteiger partial charge in [-0.05, 0) is 38.1 Å². The Morgan fingerprint density at radius 3 is 2.71 bits per heavy atom. The Balaban J connectivity index is 1.86. The lowest BCUT2D eigenvalue weighted by Gasteiger charge is -2.28. The second kappa shape index (κ2) is 8.15. The van der Waals surface area contributed by atoms with E-state index in [1.54, 1.807) is 12.1 Å². The molecule has 1 heterocycles.